The molecule has 0 aliphatic rings. The summed E-state index contributed by atoms with van der Waals surface area (Å²) in [6.07, 6.45) is 0. The van der Waals surface area contributed by atoms with Crippen molar-refractivity contribution in [2.75, 3.05) is 5.33 Å². The summed E-state index contributed by atoms with van der Waals surface area (Å²) in [6, 6.07) is 4.83. The van der Waals surface area contributed by atoms with Crippen LogP contribution in [0.2, 0.25) is 0 Å². The first-order chi connectivity index (χ1) is 6.27. The van der Waals surface area contributed by atoms with Crippen LogP contribution in [0, 0.1) is 17.7 Å². The van der Waals surface area contributed by atoms with Gasteiger partial charge in [-0.2, -0.15) is 0 Å². The first kappa shape index (κ1) is 10.2. The third-order valence-electron chi connectivity index (χ3n) is 1.57. The fourth-order valence-corrected chi connectivity index (χ4v) is 1.07. The molecule has 0 saturated heterocycles. The van der Waals surface area contributed by atoms with Gasteiger partial charge in [-0.05, 0) is 12.1 Å². The van der Waals surface area contributed by atoms with E-state index in [-0.39, 0.29) is 12.4 Å². The minimum atomic E-state index is -0.288. The lowest BCUT2D eigenvalue weighted by Crippen LogP contribution is -1.99. The quantitative estimate of drug-likeness (QED) is 0.591. The van der Waals surface area contributed by atoms with Gasteiger partial charge in [0.2, 0.25) is 0 Å². The van der Waals surface area contributed by atoms with E-state index in [2.05, 4.69) is 27.8 Å². The molecule has 0 fully saturated rings. The number of hydrogen-bond acceptors (Lipinski definition) is 1. The molecule has 0 heterocycles. The number of alkyl halides is 1. The highest BCUT2D eigenvalue weighted by Gasteiger charge is 1.99. The third kappa shape index (κ3) is 2.83. The van der Waals surface area contributed by atoms with Crippen molar-refractivity contribution in [1.29, 1.82) is 0 Å². The normalized spacial score (nSPS) is 9.15. The van der Waals surface area contributed by atoms with Crippen molar-refractivity contribution in [3.05, 3.63) is 35.1 Å². The Morgan fingerprint density at radius 1 is 1.46 bits per heavy atom. The predicted octanol–water partition coefficient (Wildman–Crippen LogP) is 2.03. The van der Waals surface area contributed by atoms with Gasteiger partial charge in [-0.15, -0.1) is 0 Å². The minimum Gasteiger partial charge on any atom is -0.326 e. The van der Waals surface area contributed by atoms with E-state index in [4.69, 9.17) is 5.73 Å². The summed E-state index contributed by atoms with van der Waals surface area (Å²) in [5.74, 6) is 5.32. The predicted molar refractivity (Wildman–Crippen MR) is 55.0 cm³/mol. The van der Waals surface area contributed by atoms with Gasteiger partial charge in [0, 0.05) is 17.7 Å². The van der Waals surface area contributed by atoms with E-state index in [9.17, 15) is 4.39 Å². The van der Waals surface area contributed by atoms with Gasteiger partial charge in [-0.3, -0.25) is 0 Å². The summed E-state index contributed by atoms with van der Waals surface area (Å²) in [7, 11) is 0. The molecule has 1 nitrogen and oxygen atoms in total. The Morgan fingerprint density at radius 3 is 2.77 bits per heavy atom. The summed E-state index contributed by atoms with van der Waals surface area (Å²) >= 11 is 3.17. The molecular weight excluding hydrogens is 233 g/mol. The van der Waals surface area contributed by atoms with Crippen molar-refractivity contribution in [3.63, 3.8) is 0 Å². The molecule has 0 bridgehead atoms. The number of halogens is 2. The van der Waals surface area contributed by atoms with Gasteiger partial charge in [-0.25, -0.2) is 4.39 Å². The highest BCUT2D eigenvalue weighted by atomic mass is 79.9. The van der Waals surface area contributed by atoms with Crippen LogP contribution in [0.4, 0.5) is 4.39 Å². The lowest BCUT2D eigenvalue weighted by Gasteiger charge is -1.98. The Kier molecular flexibility index (Phi) is 3.94. The molecule has 0 aliphatic heterocycles. The molecule has 0 unspecified atom stereocenters. The van der Waals surface area contributed by atoms with Crippen molar-refractivity contribution < 1.29 is 4.39 Å². The molecule has 0 amide bonds. The standard InChI is InChI=1S/C10H9BrFN/c11-5-1-2-8-3-4-9(7-13)10(12)6-8/h3-4,6H,5,7,13H2. The van der Waals surface area contributed by atoms with Crippen molar-refractivity contribution in [1.82, 2.24) is 0 Å². The SMILES string of the molecule is NCc1ccc(C#CCBr)cc1F. The summed E-state index contributed by atoms with van der Waals surface area (Å²) in [5.41, 5.74) is 6.51. The average Bonchev–Trinajstić information content (AvgIpc) is 2.15. The summed E-state index contributed by atoms with van der Waals surface area (Å²) in [6.45, 7) is 0.220. The zero-order valence-electron chi connectivity index (χ0n) is 6.98. The van der Waals surface area contributed by atoms with Crippen LogP contribution in [0.15, 0.2) is 18.2 Å². The fraction of sp³-hybridized carbons (Fsp3) is 0.200. The van der Waals surface area contributed by atoms with Gasteiger partial charge in [0.15, 0.2) is 0 Å². The van der Waals surface area contributed by atoms with Gasteiger partial charge in [-0.1, -0.05) is 33.8 Å². The maximum Gasteiger partial charge on any atom is 0.128 e. The van der Waals surface area contributed by atoms with E-state index in [1.54, 1.807) is 12.1 Å². The first-order valence-electron chi connectivity index (χ1n) is 3.81. The molecule has 3 heteroatoms. The van der Waals surface area contributed by atoms with Crippen LogP contribution in [0.1, 0.15) is 11.1 Å². The molecule has 1 aromatic rings. The highest BCUT2D eigenvalue weighted by Crippen LogP contribution is 2.08. The van der Waals surface area contributed by atoms with Crippen molar-refractivity contribution in [2.24, 2.45) is 5.73 Å². The number of rotatable bonds is 1. The summed E-state index contributed by atoms with van der Waals surface area (Å²) in [5, 5.41) is 0.591. The van der Waals surface area contributed by atoms with Crippen molar-refractivity contribution >= 4 is 15.9 Å². The van der Waals surface area contributed by atoms with Crippen molar-refractivity contribution in [3.8, 4) is 11.8 Å². The van der Waals surface area contributed by atoms with Gasteiger partial charge in [0.25, 0.3) is 0 Å². The molecule has 1 aromatic carbocycles. The Labute approximate surface area is 85.3 Å². The Morgan fingerprint density at radius 2 is 2.23 bits per heavy atom. The fourth-order valence-electron chi connectivity index (χ4n) is 0.926. The second-order valence-corrected chi connectivity index (χ2v) is 3.01. The van der Waals surface area contributed by atoms with Crippen LogP contribution < -0.4 is 5.73 Å². The lowest BCUT2D eigenvalue weighted by molar-refractivity contribution is 0.610. The molecule has 0 atom stereocenters. The molecule has 0 aromatic heterocycles. The van der Waals surface area contributed by atoms with E-state index >= 15 is 0 Å². The smallest absolute Gasteiger partial charge is 0.128 e. The van der Waals surface area contributed by atoms with Crippen LogP contribution in [-0.2, 0) is 6.54 Å². The molecular formula is C10H9BrFN. The van der Waals surface area contributed by atoms with Gasteiger partial charge >= 0.3 is 0 Å². The molecule has 1 rings (SSSR count). The maximum atomic E-state index is 13.1. The minimum absolute atomic E-state index is 0.220. The lowest BCUT2D eigenvalue weighted by atomic mass is 10.1. The van der Waals surface area contributed by atoms with E-state index < -0.39 is 0 Å². The highest BCUT2D eigenvalue weighted by molar-refractivity contribution is 9.09. The molecule has 0 aliphatic carbocycles. The summed E-state index contributed by atoms with van der Waals surface area (Å²) in [4.78, 5) is 0. The van der Waals surface area contributed by atoms with E-state index in [0.717, 1.165) is 0 Å². The average molecular weight is 242 g/mol. The van der Waals surface area contributed by atoms with E-state index in [0.29, 0.717) is 16.5 Å². The summed E-state index contributed by atoms with van der Waals surface area (Å²) < 4.78 is 13.1. The Bertz CT molecular complexity index is 352. The number of benzene rings is 1. The van der Waals surface area contributed by atoms with Gasteiger partial charge < -0.3 is 5.73 Å². The molecule has 13 heavy (non-hydrogen) atoms. The topological polar surface area (TPSA) is 26.0 Å². The van der Waals surface area contributed by atoms with Crippen molar-refractivity contribution in [2.45, 2.75) is 6.54 Å². The second kappa shape index (κ2) is 5.00. The van der Waals surface area contributed by atoms with Crippen LogP contribution in [-0.4, -0.2) is 5.33 Å². The molecule has 0 spiro atoms. The van der Waals surface area contributed by atoms with Crippen LogP contribution in [0.5, 0.6) is 0 Å². The monoisotopic (exact) mass is 241 g/mol. The second-order valence-electron chi connectivity index (χ2n) is 2.45. The van der Waals surface area contributed by atoms with Crippen LogP contribution in [0.3, 0.4) is 0 Å². The Hall–Kier alpha value is -0.850. The number of nitrogens with two attached hydrogens (primary N) is 1. The zero-order valence-corrected chi connectivity index (χ0v) is 8.57. The molecule has 68 valence electrons. The Balaban J connectivity index is 2.96. The molecule has 0 radical (unpaired) electrons. The van der Waals surface area contributed by atoms with Gasteiger partial charge in [0.1, 0.15) is 5.82 Å². The van der Waals surface area contributed by atoms with E-state index in [1.807, 2.05) is 0 Å². The zero-order chi connectivity index (χ0) is 9.68. The third-order valence-corrected chi connectivity index (χ3v) is 1.85. The van der Waals surface area contributed by atoms with Crippen LogP contribution in [0.25, 0.3) is 0 Å². The first-order valence-corrected chi connectivity index (χ1v) is 4.93. The van der Waals surface area contributed by atoms with E-state index in [1.165, 1.54) is 6.07 Å². The number of hydrogen-bond donors (Lipinski definition) is 1. The van der Waals surface area contributed by atoms with Crippen LogP contribution >= 0.6 is 15.9 Å². The van der Waals surface area contributed by atoms with Gasteiger partial charge in [0.05, 0.1) is 5.33 Å². The molecule has 2 N–H and O–H groups in total. The largest absolute Gasteiger partial charge is 0.326 e. The molecule has 0 saturated carbocycles. The maximum absolute atomic E-state index is 13.1.